The number of aryl methyl sites for hydroxylation is 1. The quantitative estimate of drug-likeness (QED) is 0.135. The minimum absolute atomic E-state index is 0.00253. The van der Waals surface area contributed by atoms with Crippen molar-refractivity contribution in [3.8, 4) is 34.1 Å². The van der Waals surface area contributed by atoms with E-state index in [4.69, 9.17) is 24.7 Å². The highest BCUT2D eigenvalue weighted by molar-refractivity contribution is 5.73. The van der Waals surface area contributed by atoms with Crippen molar-refractivity contribution in [3.05, 3.63) is 100 Å². The Labute approximate surface area is 243 Å². The van der Waals surface area contributed by atoms with Crippen LogP contribution in [0.1, 0.15) is 27.8 Å². The van der Waals surface area contributed by atoms with E-state index >= 15 is 0 Å². The third kappa shape index (κ3) is 7.12. The van der Waals surface area contributed by atoms with E-state index in [-0.39, 0.29) is 49.8 Å². The summed E-state index contributed by atoms with van der Waals surface area (Å²) in [4.78, 5) is 11.7. The number of rotatable bonds is 13. The van der Waals surface area contributed by atoms with Gasteiger partial charge in [0.25, 0.3) is 0 Å². The Bertz CT molecular complexity index is 1550. The molecule has 9 heteroatoms. The van der Waals surface area contributed by atoms with Crippen molar-refractivity contribution < 1.29 is 37.6 Å². The Morgan fingerprint density at radius 2 is 1.29 bits per heavy atom. The second-order valence-electron chi connectivity index (χ2n) is 9.79. The summed E-state index contributed by atoms with van der Waals surface area (Å²) in [6.45, 7) is 1.87. The number of aliphatic hydroxyl groups excluding tert-OH is 1. The first-order valence-electron chi connectivity index (χ1n) is 13.3. The average Bonchev–Trinajstić information content (AvgIpc) is 2.94. The van der Waals surface area contributed by atoms with E-state index in [0.29, 0.717) is 39.3 Å². The van der Waals surface area contributed by atoms with E-state index < -0.39 is 11.6 Å². The van der Waals surface area contributed by atoms with E-state index in [9.17, 15) is 18.7 Å². The van der Waals surface area contributed by atoms with Gasteiger partial charge in [-0.15, -0.1) is 0 Å². The van der Waals surface area contributed by atoms with Gasteiger partial charge in [-0.1, -0.05) is 6.07 Å². The second kappa shape index (κ2) is 14.0. The van der Waals surface area contributed by atoms with Gasteiger partial charge in [-0.05, 0) is 84.1 Å². The van der Waals surface area contributed by atoms with Crippen molar-refractivity contribution in [1.29, 1.82) is 0 Å². The molecular weight excluding hydrogens is 544 g/mol. The van der Waals surface area contributed by atoms with Gasteiger partial charge in [-0.25, -0.2) is 8.78 Å². The molecule has 0 aliphatic carbocycles. The first kappa shape index (κ1) is 30.6. The Hall–Kier alpha value is -4.31. The molecule has 7 nitrogen and oxygen atoms in total. The zero-order valence-electron chi connectivity index (χ0n) is 23.7. The van der Waals surface area contributed by atoms with Crippen LogP contribution in [0.2, 0.25) is 0 Å². The van der Waals surface area contributed by atoms with E-state index in [0.717, 1.165) is 17.4 Å². The summed E-state index contributed by atoms with van der Waals surface area (Å²) in [7, 11) is 3.07. The molecule has 0 bridgehead atoms. The van der Waals surface area contributed by atoms with Crippen LogP contribution >= 0.6 is 0 Å². The fourth-order valence-corrected chi connectivity index (χ4v) is 4.69. The molecule has 0 saturated carbocycles. The lowest BCUT2D eigenvalue weighted by molar-refractivity contribution is -0.107. The number of aldehydes is 1. The maximum absolute atomic E-state index is 14.7. The largest absolute Gasteiger partial charge is 0.454 e. The van der Waals surface area contributed by atoms with Crippen LogP contribution in [0.3, 0.4) is 0 Å². The van der Waals surface area contributed by atoms with Gasteiger partial charge in [0.05, 0.1) is 13.2 Å². The molecule has 0 aliphatic rings. The summed E-state index contributed by atoms with van der Waals surface area (Å²) in [5.74, 6) is -0.442. The lowest BCUT2D eigenvalue weighted by Gasteiger charge is -2.20. The van der Waals surface area contributed by atoms with Crippen LogP contribution in [0.5, 0.6) is 23.0 Å². The summed E-state index contributed by atoms with van der Waals surface area (Å²) in [6.07, 6.45) is 0.948. The molecule has 4 aromatic rings. The molecule has 0 heterocycles. The molecule has 0 radical (unpaired) electrons. The van der Waals surface area contributed by atoms with E-state index in [1.165, 1.54) is 38.5 Å². The average molecular weight is 578 g/mol. The Morgan fingerprint density at radius 1 is 0.762 bits per heavy atom. The number of hydrogen-bond donors (Lipinski definition) is 2. The summed E-state index contributed by atoms with van der Waals surface area (Å²) < 4.78 is 52.2. The SMILES string of the molecule is COCc1cc(-c2cc(CC=O)c(Oc3ccc(C)cc3F)c(CCO)c2)cc(COC)c1Oc1ccc(N)cc1F. The topological polar surface area (TPSA) is 100 Å². The fraction of sp³-hybridized carbons (Fsp3) is 0.242. The van der Waals surface area contributed by atoms with Gasteiger partial charge in [-0.3, -0.25) is 0 Å². The minimum atomic E-state index is -0.612. The Kier molecular flexibility index (Phi) is 10.2. The van der Waals surface area contributed by atoms with Crippen LogP contribution in [0.25, 0.3) is 11.1 Å². The minimum Gasteiger partial charge on any atom is -0.454 e. The zero-order chi connectivity index (χ0) is 30.2. The molecule has 4 rings (SSSR count). The molecule has 0 saturated heterocycles. The van der Waals surface area contributed by atoms with Crippen molar-refractivity contribution >= 4 is 12.0 Å². The number of methoxy groups -OCH3 is 2. The zero-order valence-corrected chi connectivity index (χ0v) is 23.7. The van der Waals surface area contributed by atoms with Crippen molar-refractivity contribution in [3.63, 3.8) is 0 Å². The second-order valence-corrected chi connectivity index (χ2v) is 9.79. The highest BCUT2D eigenvalue weighted by Gasteiger charge is 2.20. The first-order chi connectivity index (χ1) is 20.3. The van der Waals surface area contributed by atoms with Crippen molar-refractivity contribution in [2.45, 2.75) is 33.0 Å². The van der Waals surface area contributed by atoms with Crippen molar-refractivity contribution in [2.75, 3.05) is 26.6 Å². The van der Waals surface area contributed by atoms with E-state index in [1.54, 1.807) is 25.1 Å². The first-order valence-corrected chi connectivity index (χ1v) is 13.3. The maximum atomic E-state index is 14.7. The molecular formula is C33H33F2NO6. The van der Waals surface area contributed by atoms with Crippen molar-refractivity contribution in [1.82, 2.24) is 0 Å². The van der Waals surface area contributed by atoms with E-state index in [1.807, 2.05) is 18.2 Å². The smallest absolute Gasteiger partial charge is 0.167 e. The van der Waals surface area contributed by atoms with Gasteiger partial charge < -0.3 is 34.6 Å². The summed E-state index contributed by atoms with van der Waals surface area (Å²) in [5.41, 5.74) is 10.5. The highest BCUT2D eigenvalue weighted by atomic mass is 19.1. The third-order valence-electron chi connectivity index (χ3n) is 6.57. The van der Waals surface area contributed by atoms with Gasteiger partial charge >= 0.3 is 0 Å². The lowest BCUT2D eigenvalue weighted by Crippen LogP contribution is -2.04. The van der Waals surface area contributed by atoms with Gasteiger partial charge in [0.15, 0.2) is 23.1 Å². The molecule has 0 aromatic heterocycles. The molecule has 0 fully saturated rings. The number of carbonyl (C=O) groups is 1. The molecule has 42 heavy (non-hydrogen) atoms. The summed E-state index contributed by atoms with van der Waals surface area (Å²) in [6, 6.07) is 16.1. The van der Waals surface area contributed by atoms with Crippen LogP contribution in [0, 0.1) is 18.6 Å². The maximum Gasteiger partial charge on any atom is 0.167 e. The predicted octanol–water partition coefficient (Wildman–Crippen LogP) is 6.68. The van der Waals surface area contributed by atoms with Gasteiger partial charge in [0.1, 0.15) is 17.8 Å². The van der Waals surface area contributed by atoms with Gasteiger partial charge in [0, 0.05) is 55.7 Å². The van der Waals surface area contributed by atoms with Crippen LogP contribution in [0.15, 0.2) is 60.7 Å². The van der Waals surface area contributed by atoms with Crippen LogP contribution in [0.4, 0.5) is 14.5 Å². The number of carbonyl (C=O) groups excluding carboxylic acids is 1. The molecule has 4 aromatic carbocycles. The van der Waals surface area contributed by atoms with Crippen LogP contribution in [-0.4, -0.2) is 32.2 Å². The predicted molar refractivity (Wildman–Crippen MR) is 156 cm³/mol. The van der Waals surface area contributed by atoms with Crippen molar-refractivity contribution in [2.24, 2.45) is 0 Å². The normalized spacial score (nSPS) is 11.0. The Balaban J connectivity index is 1.86. The Morgan fingerprint density at radius 3 is 1.81 bits per heavy atom. The number of halogens is 2. The lowest BCUT2D eigenvalue weighted by atomic mass is 9.93. The molecule has 0 aliphatic heterocycles. The molecule has 3 N–H and O–H groups in total. The van der Waals surface area contributed by atoms with E-state index in [2.05, 4.69) is 0 Å². The summed E-state index contributed by atoms with van der Waals surface area (Å²) >= 11 is 0. The van der Waals surface area contributed by atoms with Crippen LogP contribution < -0.4 is 15.2 Å². The standard InChI is InChI=1S/C33H33F2NO6/c1-20-4-6-30(28(34)12-20)41-32-21(8-10-37)13-23(14-22(32)9-11-38)24-15-25(18-39-2)33(26(16-24)19-40-3)42-31-7-5-27(36)17-29(31)35/h4-7,10,12-17,38H,8-9,11,18-19,36H2,1-3H3. The molecule has 0 amide bonds. The van der Waals surface area contributed by atoms with Crippen LogP contribution in [-0.2, 0) is 40.3 Å². The number of hydrogen-bond acceptors (Lipinski definition) is 7. The number of ether oxygens (including phenoxy) is 4. The monoisotopic (exact) mass is 577 g/mol. The molecule has 0 unspecified atom stereocenters. The van der Waals surface area contributed by atoms with Gasteiger partial charge in [0.2, 0.25) is 0 Å². The number of nitrogens with two attached hydrogens (primary N) is 1. The summed E-state index contributed by atoms with van der Waals surface area (Å²) in [5, 5.41) is 9.84. The number of nitrogen functional groups attached to an aromatic ring is 1. The number of anilines is 1. The number of aliphatic hydroxyl groups is 1. The highest BCUT2D eigenvalue weighted by Crippen LogP contribution is 2.40. The third-order valence-corrected chi connectivity index (χ3v) is 6.57. The molecule has 0 atom stereocenters. The number of benzene rings is 4. The van der Waals surface area contributed by atoms with Gasteiger partial charge in [-0.2, -0.15) is 0 Å². The molecule has 220 valence electrons. The fourth-order valence-electron chi connectivity index (χ4n) is 4.69. The molecule has 0 spiro atoms.